The molecule has 0 aromatic heterocycles. The van der Waals surface area contributed by atoms with E-state index >= 15 is 0 Å². The second kappa shape index (κ2) is 13.7. The Labute approximate surface area is 210 Å². The number of nitrogens with one attached hydrogen (secondary N) is 3. The van der Waals surface area contributed by atoms with Gasteiger partial charge in [-0.25, -0.2) is 0 Å². The van der Waals surface area contributed by atoms with Crippen LogP contribution in [0, 0.1) is 0 Å². The molecule has 0 saturated carbocycles. The SMILES string of the molecule is CCCCNC(=O)c1cccc(NC(=S)NC(=O)c2cccc(OCCOc3ccccc3)c2)c1. The van der Waals surface area contributed by atoms with E-state index in [0.29, 0.717) is 42.3 Å². The number of carbonyl (C=O) groups excluding carboxylic acids is 2. The predicted octanol–water partition coefficient (Wildman–Crippen LogP) is 4.80. The number of carbonyl (C=O) groups is 2. The van der Waals surface area contributed by atoms with Gasteiger partial charge in [-0.05, 0) is 67.2 Å². The van der Waals surface area contributed by atoms with Gasteiger partial charge in [0.1, 0.15) is 24.7 Å². The zero-order valence-corrected chi connectivity index (χ0v) is 20.4. The normalized spacial score (nSPS) is 10.2. The van der Waals surface area contributed by atoms with E-state index in [4.69, 9.17) is 21.7 Å². The summed E-state index contributed by atoms with van der Waals surface area (Å²) in [6, 6.07) is 23.2. The lowest BCUT2D eigenvalue weighted by molar-refractivity contribution is 0.0950. The highest BCUT2D eigenvalue weighted by Gasteiger charge is 2.11. The monoisotopic (exact) mass is 491 g/mol. The number of unbranched alkanes of at least 4 members (excludes halogenated alkanes) is 1. The highest BCUT2D eigenvalue weighted by Crippen LogP contribution is 2.15. The molecule has 0 aliphatic heterocycles. The Bertz CT molecular complexity index is 1140. The molecule has 0 fully saturated rings. The van der Waals surface area contributed by atoms with E-state index in [1.54, 1.807) is 48.5 Å². The van der Waals surface area contributed by atoms with Gasteiger partial charge >= 0.3 is 0 Å². The van der Waals surface area contributed by atoms with E-state index in [1.807, 2.05) is 30.3 Å². The van der Waals surface area contributed by atoms with Crippen LogP contribution in [0.4, 0.5) is 5.69 Å². The molecule has 35 heavy (non-hydrogen) atoms. The van der Waals surface area contributed by atoms with Crippen molar-refractivity contribution in [1.82, 2.24) is 10.6 Å². The Hall–Kier alpha value is -3.91. The van der Waals surface area contributed by atoms with E-state index in [0.717, 1.165) is 18.6 Å². The molecule has 0 atom stereocenters. The zero-order chi connectivity index (χ0) is 24.9. The minimum atomic E-state index is -0.373. The minimum absolute atomic E-state index is 0.126. The lowest BCUT2D eigenvalue weighted by Crippen LogP contribution is -2.34. The van der Waals surface area contributed by atoms with Gasteiger partial charge in [-0.15, -0.1) is 0 Å². The van der Waals surface area contributed by atoms with E-state index in [-0.39, 0.29) is 16.9 Å². The van der Waals surface area contributed by atoms with Gasteiger partial charge in [-0.1, -0.05) is 43.7 Å². The maximum absolute atomic E-state index is 12.7. The van der Waals surface area contributed by atoms with Crippen LogP contribution in [0.1, 0.15) is 40.5 Å². The first-order valence-corrected chi connectivity index (χ1v) is 11.9. The van der Waals surface area contributed by atoms with Crippen molar-refractivity contribution in [2.45, 2.75) is 19.8 Å². The van der Waals surface area contributed by atoms with Crippen LogP contribution in [-0.2, 0) is 0 Å². The largest absolute Gasteiger partial charge is 0.490 e. The molecule has 0 heterocycles. The smallest absolute Gasteiger partial charge is 0.257 e. The molecule has 3 aromatic carbocycles. The lowest BCUT2D eigenvalue weighted by Gasteiger charge is -2.12. The van der Waals surface area contributed by atoms with E-state index < -0.39 is 0 Å². The Kier molecular flexibility index (Phi) is 10.1. The number of hydrogen-bond acceptors (Lipinski definition) is 5. The Balaban J connectivity index is 1.48. The molecule has 2 amide bonds. The van der Waals surface area contributed by atoms with Crippen LogP contribution in [0.5, 0.6) is 11.5 Å². The molecule has 0 radical (unpaired) electrons. The summed E-state index contributed by atoms with van der Waals surface area (Å²) in [4.78, 5) is 24.9. The summed E-state index contributed by atoms with van der Waals surface area (Å²) in [6.07, 6.45) is 1.93. The van der Waals surface area contributed by atoms with Crippen molar-refractivity contribution in [3.63, 3.8) is 0 Å². The van der Waals surface area contributed by atoms with Crippen molar-refractivity contribution in [3.05, 3.63) is 90.0 Å². The zero-order valence-electron chi connectivity index (χ0n) is 19.6. The van der Waals surface area contributed by atoms with Crippen molar-refractivity contribution >= 4 is 34.8 Å². The molecule has 0 aliphatic carbocycles. The second-order valence-corrected chi connectivity index (χ2v) is 8.04. The van der Waals surface area contributed by atoms with Crippen molar-refractivity contribution in [2.75, 3.05) is 25.1 Å². The standard InChI is InChI=1S/C27H29N3O4S/c1-2-3-15-28-25(31)20-9-7-11-22(18-20)29-27(35)30-26(32)21-10-8-14-24(19-21)34-17-16-33-23-12-5-4-6-13-23/h4-14,18-19H,2-3,15-17H2,1H3,(H,28,31)(H2,29,30,32,35). The maximum Gasteiger partial charge on any atom is 0.257 e. The van der Waals surface area contributed by atoms with Gasteiger partial charge in [0.25, 0.3) is 11.8 Å². The Morgan fingerprint density at radius 2 is 1.46 bits per heavy atom. The molecule has 3 aromatic rings. The maximum atomic E-state index is 12.7. The number of para-hydroxylation sites is 1. The molecule has 3 N–H and O–H groups in total. The molecule has 8 heteroatoms. The van der Waals surface area contributed by atoms with Crippen molar-refractivity contribution in [2.24, 2.45) is 0 Å². The number of thiocarbonyl (C=S) groups is 1. The third kappa shape index (κ3) is 8.75. The van der Waals surface area contributed by atoms with Crippen LogP contribution in [0.25, 0.3) is 0 Å². The summed E-state index contributed by atoms with van der Waals surface area (Å²) in [5.41, 5.74) is 1.52. The van der Waals surface area contributed by atoms with Gasteiger partial charge in [0.2, 0.25) is 0 Å². The number of anilines is 1. The van der Waals surface area contributed by atoms with Gasteiger partial charge in [0.05, 0.1) is 0 Å². The van der Waals surface area contributed by atoms with Gasteiger partial charge in [0.15, 0.2) is 5.11 Å². The second-order valence-electron chi connectivity index (χ2n) is 7.64. The highest BCUT2D eigenvalue weighted by molar-refractivity contribution is 7.80. The van der Waals surface area contributed by atoms with E-state index in [2.05, 4.69) is 22.9 Å². The molecule has 0 aliphatic rings. The van der Waals surface area contributed by atoms with Gasteiger partial charge in [0, 0.05) is 23.4 Å². The number of hydrogen-bond donors (Lipinski definition) is 3. The first-order valence-electron chi connectivity index (χ1n) is 11.5. The summed E-state index contributed by atoms with van der Waals surface area (Å²) in [5, 5.41) is 8.60. The van der Waals surface area contributed by atoms with Gasteiger partial charge in [-0.3, -0.25) is 14.9 Å². The predicted molar refractivity (Wildman–Crippen MR) is 141 cm³/mol. The third-order valence-corrected chi connectivity index (χ3v) is 5.09. The van der Waals surface area contributed by atoms with Crippen LogP contribution in [0.15, 0.2) is 78.9 Å². The van der Waals surface area contributed by atoms with Gasteiger partial charge < -0.3 is 20.1 Å². The molecule has 7 nitrogen and oxygen atoms in total. The molecule has 0 saturated heterocycles. The van der Waals surface area contributed by atoms with Crippen LogP contribution in [0.3, 0.4) is 0 Å². The minimum Gasteiger partial charge on any atom is -0.490 e. The molecular weight excluding hydrogens is 462 g/mol. The number of benzene rings is 3. The molecule has 3 rings (SSSR count). The highest BCUT2D eigenvalue weighted by atomic mass is 32.1. The Morgan fingerprint density at radius 3 is 2.20 bits per heavy atom. The fraction of sp³-hybridized carbons (Fsp3) is 0.222. The summed E-state index contributed by atoms with van der Waals surface area (Å²) in [6.45, 7) is 3.41. The first-order chi connectivity index (χ1) is 17.0. The fourth-order valence-corrected chi connectivity index (χ4v) is 3.33. The fourth-order valence-electron chi connectivity index (χ4n) is 3.12. The third-order valence-electron chi connectivity index (χ3n) is 4.89. The van der Waals surface area contributed by atoms with Crippen LogP contribution >= 0.6 is 12.2 Å². The van der Waals surface area contributed by atoms with Crippen molar-refractivity contribution < 1.29 is 19.1 Å². The summed E-state index contributed by atoms with van der Waals surface area (Å²) in [5.74, 6) is 0.799. The lowest BCUT2D eigenvalue weighted by atomic mass is 10.2. The first kappa shape index (κ1) is 25.7. The quantitative estimate of drug-likeness (QED) is 0.264. The van der Waals surface area contributed by atoms with Crippen molar-refractivity contribution in [1.29, 1.82) is 0 Å². The summed E-state index contributed by atoms with van der Waals surface area (Å²) < 4.78 is 11.3. The van der Waals surface area contributed by atoms with Crippen molar-refractivity contribution in [3.8, 4) is 11.5 Å². The van der Waals surface area contributed by atoms with Gasteiger partial charge in [-0.2, -0.15) is 0 Å². The average molecular weight is 492 g/mol. The number of ether oxygens (including phenoxy) is 2. The molecule has 0 bridgehead atoms. The molecular formula is C27H29N3O4S. The van der Waals surface area contributed by atoms with E-state index in [1.165, 1.54) is 0 Å². The molecule has 0 spiro atoms. The average Bonchev–Trinajstić information content (AvgIpc) is 2.87. The van der Waals surface area contributed by atoms with E-state index in [9.17, 15) is 9.59 Å². The topological polar surface area (TPSA) is 88.7 Å². The summed E-state index contributed by atoms with van der Waals surface area (Å²) >= 11 is 5.28. The van der Waals surface area contributed by atoms with Crippen LogP contribution in [0.2, 0.25) is 0 Å². The van der Waals surface area contributed by atoms with Crippen LogP contribution < -0.4 is 25.4 Å². The number of rotatable bonds is 11. The summed E-state index contributed by atoms with van der Waals surface area (Å²) in [7, 11) is 0. The molecule has 182 valence electrons. The number of amides is 2. The van der Waals surface area contributed by atoms with Crippen LogP contribution in [-0.4, -0.2) is 36.7 Å². The Morgan fingerprint density at radius 1 is 0.800 bits per heavy atom. The molecule has 0 unspecified atom stereocenters.